The number of aryl methyl sites for hydroxylation is 2. The van der Waals surface area contributed by atoms with Gasteiger partial charge in [-0.05, 0) is 44.0 Å². The Kier molecular flexibility index (Phi) is 4.58. The molecule has 24 heavy (non-hydrogen) atoms. The summed E-state index contributed by atoms with van der Waals surface area (Å²) in [6.45, 7) is 4.39. The molecule has 4 heteroatoms. The minimum absolute atomic E-state index is 0.328. The molecule has 1 aliphatic rings. The van der Waals surface area contributed by atoms with Gasteiger partial charge in [-0.2, -0.15) is 0 Å². The monoisotopic (exact) mass is 339 g/mol. The fourth-order valence-electron chi connectivity index (χ4n) is 2.82. The second-order valence-electron chi connectivity index (χ2n) is 5.97. The first-order valence-electron chi connectivity index (χ1n) is 8.02. The van der Waals surface area contributed by atoms with Gasteiger partial charge >= 0.3 is 0 Å². The van der Waals surface area contributed by atoms with Gasteiger partial charge in [0.15, 0.2) is 0 Å². The zero-order valence-electron chi connectivity index (χ0n) is 13.9. The largest absolute Gasteiger partial charge is 0.265 e. The Morgan fingerprint density at radius 1 is 0.958 bits per heavy atom. The maximum Gasteiger partial charge on any atom is 0.264 e. The number of benzene rings is 2. The van der Waals surface area contributed by atoms with E-state index in [1.54, 1.807) is 12.1 Å². The first kappa shape index (κ1) is 16.5. The zero-order chi connectivity index (χ0) is 17.2. The van der Waals surface area contributed by atoms with Gasteiger partial charge in [-0.3, -0.25) is 4.31 Å². The van der Waals surface area contributed by atoms with E-state index < -0.39 is 10.0 Å². The van der Waals surface area contributed by atoms with Crippen LogP contribution in [0.3, 0.4) is 0 Å². The lowest BCUT2D eigenvalue weighted by Gasteiger charge is -2.27. The highest BCUT2D eigenvalue weighted by Gasteiger charge is 2.27. The van der Waals surface area contributed by atoms with Gasteiger partial charge in [-0.1, -0.05) is 54.1 Å². The van der Waals surface area contributed by atoms with E-state index in [2.05, 4.69) is 0 Å². The summed E-state index contributed by atoms with van der Waals surface area (Å²) in [5.74, 6) is 0. The van der Waals surface area contributed by atoms with Gasteiger partial charge in [-0.15, -0.1) is 0 Å². The SMILES string of the molecule is Cc1ccc(S(=O)(=O)N2CCC=CC=C2c2ccccc2C)cc1. The van der Waals surface area contributed by atoms with Gasteiger partial charge < -0.3 is 0 Å². The van der Waals surface area contributed by atoms with Crippen molar-refractivity contribution in [1.29, 1.82) is 0 Å². The molecule has 0 atom stereocenters. The normalized spacial score (nSPS) is 15.1. The second-order valence-corrected chi connectivity index (χ2v) is 7.84. The summed E-state index contributed by atoms with van der Waals surface area (Å²) < 4.78 is 27.9. The lowest BCUT2D eigenvalue weighted by atomic mass is 10.1. The molecule has 1 aliphatic heterocycles. The summed E-state index contributed by atoms with van der Waals surface area (Å²) in [4.78, 5) is 0.328. The summed E-state index contributed by atoms with van der Waals surface area (Å²) in [5, 5.41) is 0. The van der Waals surface area contributed by atoms with Crippen LogP contribution in [0.25, 0.3) is 5.70 Å². The lowest BCUT2D eigenvalue weighted by molar-refractivity contribution is 0.514. The quantitative estimate of drug-likeness (QED) is 0.836. The third-order valence-electron chi connectivity index (χ3n) is 4.19. The molecule has 1 heterocycles. The minimum Gasteiger partial charge on any atom is -0.265 e. The van der Waals surface area contributed by atoms with E-state index in [1.807, 2.05) is 68.5 Å². The van der Waals surface area contributed by atoms with Crippen molar-refractivity contribution >= 4 is 15.7 Å². The molecule has 0 amide bonds. The van der Waals surface area contributed by atoms with Crippen LogP contribution in [0.15, 0.2) is 71.7 Å². The van der Waals surface area contributed by atoms with E-state index in [1.165, 1.54) is 4.31 Å². The summed E-state index contributed by atoms with van der Waals surface area (Å²) >= 11 is 0. The van der Waals surface area contributed by atoms with Crippen molar-refractivity contribution in [1.82, 2.24) is 4.31 Å². The second kappa shape index (κ2) is 6.65. The molecular weight excluding hydrogens is 318 g/mol. The molecule has 2 aromatic carbocycles. The van der Waals surface area contributed by atoms with Crippen molar-refractivity contribution < 1.29 is 8.42 Å². The molecule has 2 aromatic rings. The maximum atomic E-state index is 13.2. The Morgan fingerprint density at radius 2 is 1.67 bits per heavy atom. The molecule has 0 spiro atoms. The first-order valence-corrected chi connectivity index (χ1v) is 9.46. The molecule has 0 unspecified atom stereocenters. The van der Waals surface area contributed by atoms with Crippen LogP contribution in [-0.2, 0) is 10.0 Å². The van der Waals surface area contributed by atoms with Gasteiger partial charge in [0.25, 0.3) is 10.0 Å². The molecule has 0 N–H and O–H groups in total. The Morgan fingerprint density at radius 3 is 2.38 bits per heavy atom. The van der Waals surface area contributed by atoms with Crippen LogP contribution in [0.1, 0.15) is 23.1 Å². The van der Waals surface area contributed by atoms with Crippen LogP contribution in [0.4, 0.5) is 0 Å². The summed E-state index contributed by atoms with van der Waals surface area (Å²) in [5.41, 5.74) is 3.77. The number of nitrogens with zero attached hydrogens (tertiary/aromatic N) is 1. The molecule has 3 rings (SSSR count). The predicted molar refractivity (Wildman–Crippen MR) is 98.0 cm³/mol. The topological polar surface area (TPSA) is 37.4 Å². The highest BCUT2D eigenvalue weighted by Crippen LogP contribution is 2.30. The fraction of sp³-hybridized carbons (Fsp3) is 0.200. The number of hydrogen-bond acceptors (Lipinski definition) is 2. The van der Waals surface area contributed by atoms with Crippen molar-refractivity contribution in [2.75, 3.05) is 6.54 Å². The van der Waals surface area contributed by atoms with Crippen molar-refractivity contribution in [3.05, 3.63) is 83.4 Å². The zero-order valence-corrected chi connectivity index (χ0v) is 14.8. The molecule has 0 radical (unpaired) electrons. The molecule has 0 bridgehead atoms. The summed E-state index contributed by atoms with van der Waals surface area (Å²) in [7, 11) is -3.59. The smallest absolute Gasteiger partial charge is 0.264 e. The van der Waals surface area contributed by atoms with Crippen LogP contribution < -0.4 is 0 Å². The molecule has 0 fully saturated rings. The standard InChI is InChI=1S/C20H21NO2S/c1-16-11-13-18(14-12-16)24(22,23)21-15-7-3-4-10-20(21)19-9-6-5-8-17(19)2/h3-6,8-14H,7,15H2,1-2H3. The highest BCUT2D eigenvalue weighted by atomic mass is 32.2. The Hall–Kier alpha value is -2.33. The minimum atomic E-state index is -3.59. The van der Waals surface area contributed by atoms with Gasteiger partial charge in [0, 0.05) is 12.1 Å². The number of rotatable bonds is 3. The third-order valence-corrected chi connectivity index (χ3v) is 6.02. The number of hydrogen-bond donors (Lipinski definition) is 0. The average Bonchev–Trinajstić information content (AvgIpc) is 2.82. The lowest BCUT2D eigenvalue weighted by Crippen LogP contribution is -2.30. The number of allylic oxidation sites excluding steroid dienone is 2. The van der Waals surface area contributed by atoms with E-state index >= 15 is 0 Å². The third kappa shape index (κ3) is 3.15. The average molecular weight is 339 g/mol. The van der Waals surface area contributed by atoms with Crippen molar-refractivity contribution in [3.8, 4) is 0 Å². The molecule has 124 valence electrons. The van der Waals surface area contributed by atoms with E-state index in [9.17, 15) is 8.42 Å². The summed E-state index contributed by atoms with van der Waals surface area (Å²) in [6, 6.07) is 14.9. The Bertz CT molecular complexity index is 893. The van der Waals surface area contributed by atoms with Gasteiger partial charge in [0.2, 0.25) is 0 Å². The Labute approximate surface area is 144 Å². The first-order chi connectivity index (χ1) is 11.5. The maximum absolute atomic E-state index is 13.2. The van der Waals surface area contributed by atoms with E-state index in [0.717, 1.165) is 22.4 Å². The molecular formula is C20H21NO2S. The van der Waals surface area contributed by atoms with Crippen molar-refractivity contribution in [2.45, 2.75) is 25.2 Å². The van der Waals surface area contributed by atoms with E-state index in [4.69, 9.17) is 0 Å². The van der Waals surface area contributed by atoms with Gasteiger partial charge in [-0.25, -0.2) is 8.42 Å². The van der Waals surface area contributed by atoms with Crippen LogP contribution in [-0.4, -0.2) is 19.3 Å². The van der Waals surface area contributed by atoms with Gasteiger partial charge in [0.1, 0.15) is 0 Å². The molecule has 0 aliphatic carbocycles. The summed E-state index contributed by atoms with van der Waals surface area (Å²) in [6.07, 6.45) is 6.52. The fourth-order valence-corrected chi connectivity index (χ4v) is 4.32. The molecule has 0 saturated heterocycles. The van der Waals surface area contributed by atoms with Crippen LogP contribution in [0, 0.1) is 13.8 Å². The van der Waals surface area contributed by atoms with Crippen molar-refractivity contribution in [3.63, 3.8) is 0 Å². The van der Waals surface area contributed by atoms with Crippen LogP contribution in [0.2, 0.25) is 0 Å². The van der Waals surface area contributed by atoms with Crippen LogP contribution >= 0.6 is 0 Å². The molecule has 0 aromatic heterocycles. The van der Waals surface area contributed by atoms with Gasteiger partial charge in [0.05, 0.1) is 10.6 Å². The van der Waals surface area contributed by atoms with E-state index in [-0.39, 0.29) is 0 Å². The Balaban J connectivity index is 2.10. The highest BCUT2D eigenvalue weighted by molar-refractivity contribution is 7.89. The number of sulfonamides is 1. The molecule has 0 saturated carbocycles. The van der Waals surface area contributed by atoms with Crippen LogP contribution in [0.5, 0.6) is 0 Å². The van der Waals surface area contributed by atoms with Crippen molar-refractivity contribution in [2.24, 2.45) is 0 Å². The van der Waals surface area contributed by atoms with E-state index in [0.29, 0.717) is 17.9 Å². The molecule has 3 nitrogen and oxygen atoms in total. The predicted octanol–water partition coefficient (Wildman–Crippen LogP) is 4.30.